The van der Waals surface area contributed by atoms with E-state index in [1.165, 1.54) is 0 Å². The van der Waals surface area contributed by atoms with Gasteiger partial charge in [-0.2, -0.15) is 5.10 Å². The number of aryl methyl sites for hydroxylation is 2. The summed E-state index contributed by atoms with van der Waals surface area (Å²) in [7, 11) is 1.76. The molecular weight excluding hydrogens is 246 g/mol. The number of hydrogen-bond acceptors (Lipinski definition) is 4. The molecule has 0 spiro atoms. The van der Waals surface area contributed by atoms with Crippen LogP contribution in [0.4, 0.5) is 0 Å². The zero-order valence-electron chi connectivity index (χ0n) is 11.4. The summed E-state index contributed by atoms with van der Waals surface area (Å²) in [4.78, 5) is 11.9. The van der Waals surface area contributed by atoms with Crippen LogP contribution in [0, 0.1) is 0 Å². The van der Waals surface area contributed by atoms with Gasteiger partial charge in [0, 0.05) is 20.0 Å². The predicted octanol–water partition coefficient (Wildman–Crippen LogP) is 0.629. The molecule has 1 aromatic rings. The van der Waals surface area contributed by atoms with Crippen molar-refractivity contribution in [1.29, 1.82) is 0 Å². The van der Waals surface area contributed by atoms with Gasteiger partial charge in [0.25, 0.3) is 5.91 Å². The number of nitrogens with one attached hydrogen (secondary N) is 1. The highest BCUT2D eigenvalue weighted by atomic mass is 16.4. The molecule has 0 aliphatic carbocycles. The number of rotatable bonds is 7. The SMILES string of the molecule is CCc1cc(C(=O)NCCCCC(N)=NO)n(C)n1. The minimum absolute atomic E-state index is 0.126. The number of amidine groups is 1. The molecule has 0 fully saturated rings. The Morgan fingerprint density at radius 2 is 2.32 bits per heavy atom. The molecule has 19 heavy (non-hydrogen) atoms. The van der Waals surface area contributed by atoms with Crippen LogP contribution in [0.3, 0.4) is 0 Å². The standard InChI is InChI=1S/C12H21N5O2/c1-3-9-8-10(17(2)15-9)12(18)14-7-5-4-6-11(13)16-19/h8,19H,3-7H2,1-2H3,(H2,13,16)(H,14,18). The van der Waals surface area contributed by atoms with Gasteiger partial charge < -0.3 is 16.3 Å². The first-order valence-corrected chi connectivity index (χ1v) is 6.36. The average molecular weight is 267 g/mol. The summed E-state index contributed by atoms with van der Waals surface area (Å²) < 4.78 is 1.59. The maximum atomic E-state index is 11.9. The third-order valence-corrected chi connectivity index (χ3v) is 2.80. The molecule has 0 aliphatic heterocycles. The van der Waals surface area contributed by atoms with Gasteiger partial charge in [-0.05, 0) is 25.3 Å². The minimum atomic E-state index is -0.126. The lowest BCUT2D eigenvalue weighted by atomic mass is 10.2. The number of amides is 1. The lowest BCUT2D eigenvalue weighted by Crippen LogP contribution is -2.26. The molecule has 4 N–H and O–H groups in total. The Bertz CT molecular complexity index is 453. The van der Waals surface area contributed by atoms with E-state index >= 15 is 0 Å². The Morgan fingerprint density at radius 3 is 2.89 bits per heavy atom. The van der Waals surface area contributed by atoms with Crippen LogP contribution in [-0.4, -0.2) is 33.3 Å². The van der Waals surface area contributed by atoms with Gasteiger partial charge in [0.1, 0.15) is 11.5 Å². The summed E-state index contributed by atoms with van der Waals surface area (Å²) in [6.07, 6.45) is 2.88. The highest BCUT2D eigenvalue weighted by Gasteiger charge is 2.11. The van der Waals surface area contributed by atoms with Crippen LogP contribution >= 0.6 is 0 Å². The molecule has 0 aromatic carbocycles. The largest absolute Gasteiger partial charge is 0.409 e. The van der Waals surface area contributed by atoms with E-state index in [4.69, 9.17) is 10.9 Å². The Labute approximate surface area is 112 Å². The summed E-state index contributed by atoms with van der Waals surface area (Å²) in [5.74, 6) is 0.0871. The fourth-order valence-corrected chi connectivity index (χ4v) is 1.69. The highest BCUT2D eigenvalue weighted by Crippen LogP contribution is 2.04. The molecule has 1 aromatic heterocycles. The van der Waals surface area contributed by atoms with Crippen molar-refractivity contribution in [2.45, 2.75) is 32.6 Å². The van der Waals surface area contributed by atoms with E-state index in [1.54, 1.807) is 17.8 Å². The molecule has 0 saturated heterocycles. The average Bonchev–Trinajstić information content (AvgIpc) is 2.79. The van der Waals surface area contributed by atoms with Crippen LogP contribution in [0.15, 0.2) is 11.2 Å². The van der Waals surface area contributed by atoms with Crippen molar-refractivity contribution in [3.63, 3.8) is 0 Å². The molecule has 0 atom stereocenters. The summed E-state index contributed by atoms with van der Waals surface area (Å²) in [5.41, 5.74) is 6.81. The molecule has 0 aliphatic rings. The van der Waals surface area contributed by atoms with E-state index in [0.29, 0.717) is 18.7 Å². The monoisotopic (exact) mass is 267 g/mol. The van der Waals surface area contributed by atoms with Crippen molar-refractivity contribution in [1.82, 2.24) is 15.1 Å². The summed E-state index contributed by atoms with van der Waals surface area (Å²) in [5, 5.41) is 18.3. The number of aromatic nitrogens is 2. The number of carbonyl (C=O) groups is 1. The van der Waals surface area contributed by atoms with Gasteiger partial charge in [-0.3, -0.25) is 9.48 Å². The van der Waals surface area contributed by atoms with Gasteiger partial charge in [-0.25, -0.2) is 0 Å². The normalized spacial score (nSPS) is 11.6. The number of carbonyl (C=O) groups excluding carboxylic acids is 1. The Kier molecular flexibility index (Phi) is 5.84. The van der Waals surface area contributed by atoms with Gasteiger partial charge in [0.15, 0.2) is 0 Å². The number of nitrogens with zero attached hydrogens (tertiary/aromatic N) is 3. The van der Waals surface area contributed by atoms with Crippen LogP contribution in [0.25, 0.3) is 0 Å². The first-order chi connectivity index (χ1) is 9.08. The fourth-order valence-electron chi connectivity index (χ4n) is 1.69. The molecule has 7 heteroatoms. The number of nitrogens with two attached hydrogens (primary N) is 1. The van der Waals surface area contributed by atoms with Crippen molar-refractivity contribution in [2.24, 2.45) is 17.9 Å². The van der Waals surface area contributed by atoms with E-state index in [0.717, 1.165) is 25.0 Å². The second-order valence-electron chi connectivity index (χ2n) is 4.30. The van der Waals surface area contributed by atoms with Gasteiger partial charge in [0.2, 0.25) is 0 Å². The van der Waals surface area contributed by atoms with E-state index in [9.17, 15) is 4.79 Å². The summed E-state index contributed by atoms with van der Waals surface area (Å²) in [6.45, 7) is 2.56. The predicted molar refractivity (Wildman–Crippen MR) is 72.2 cm³/mol. The van der Waals surface area contributed by atoms with Crippen LogP contribution in [0.1, 0.15) is 42.4 Å². The molecule has 1 amide bonds. The minimum Gasteiger partial charge on any atom is -0.409 e. The maximum absolute atomic E-state index is 11.9. The zero-order valence-corrected chi connectivity index (χ0v) is 11.4. The van der Waals surface area contributed by atoms with E-state index in [2.05, 4.69) is 15.6 Å². The molecule has 0 saturated carbocycles. The Balaban J connectivity index is 2.33. The van der Waals surface area contributed by atoms with Crippen LogP contribution in [0.5, 0.6) is 0 Å². The third kappa shape index (κ3) is 4.61. The van der Waals surface area contributed by atoms with Crippen molar-refractivity contribution < 1.29 is 10.0 Å². The zero-order chi connectivity index (χ0) is 14.3. The fraction of sp³-hybridized carbons (Fsp3) is 0.583. The number of hydrogen-bond donors (Lipinski definition) is 3. The molecule has 106 valence electrons. The smallest absolute Gasteiger partial charge is 0.269 e. The molecule has 0 radical (unpaired) electrons. The van der Waals surface area contributed by atoms with E-state index in [1.807, 2.05) is 6.92 Å². The van der Waals surface area contributed by atoms with Crippen molar-refractivity contribution in [2.75, 3.05) is 6.54 Å². The van der Waals surface area contributed by atoms with Crippen LogP contribution < -0.4 is 11.1 Å². The molecule has 1 heterocycles. The van der Waals surface area contributed by atoms with Gasteiger partial charge in [-0.1, -0.05) is 12.1 Å². The quantitative estimate of drug-likeness (QED) is 0.221. The van der Waals surface area contributed by atoms with E-state index in [-0.39, 0.29) is 11.7 Å². The van der Waals surface area contributed by atoms with Crippen molar-refractivity contribution in [3.8, 4) is 0 Å². The second kappa shape index (κ2) is 7.40. The highest BCUT2D eigenvalue weighted by molar-refractivity contribution is 5.92. The van der Waals surface area contributed by atoms with E-state index < -0.39 is 0 Å². The lowest BCUT2D eigenvalue weighted by molar-refractivity contribution is 0.0943. The molecule has 1 rings (SSSR count). The Morgan fingerprint density at radius 1 is 1.58 bits per heavy atom. The lowest BCUT2D eigenvalue weighted by Gasteiger charge is -2.04. The van der Waals surface area contributed by atoms with Gasteiger partial charge in [0.05, 0.1) is 5.69 Å². The summed E-state index contributed by atoms with van der Waals surface area (Å²) >= 11 is 0. The molecular formula is C12H21N5O2. The van der Waals surface area contributed by atoms with Gasteiger partial charge in [-0.15, -0.1) is 0 Å². The van der Waals surface area contributed by atoms with Gasteiger partial charge >= 0.3 is 0 Å². The topological polar surface area (TPSA) is 106 Å². The number of oxime groups is 1. The maximum Gasteiger partial charge on any atom is 0.269 e. The number of unbranched alkanes of at least 4 members (excludes halogenated alkanes) is 1. The Hall–Kier alpha value is -2.05. The molecule has 0 bridgehead atoms. The van der Waals surface area contributed by atoms with Crippen molar-refractivity contribution >= 4 is 11.7 Å². The third-order valence-electron chi connectivity index (χ3n) is 2.80. The first kappa shape index (κ1) is 15.0. The molecule has 7 nitrogen and oxygen atoms in total. The van der Waals surface area contributed by atoms with Crippen LogP contribution in [-0.2, 0) is 13.5 Å². The first-order valence-electron chi connectivity index (χ1n) is 6.36. The second-order valence-corrected chi connectivity index (χ2v) is 4.30. The van der Waals surface area contributed by atoms with Crippen molar-refractivity contribution in [3.05, 3.63) is 17.5 Å². The van der Waals surface area contributed by atoms with Crippen LogP contribution in [0.2, 0.25) is 0 Å². The summed E-state index contributed by atoms with van der Waals surface area (Å²) in [6, 6.07) is 1.80. The molecule has 0 unspecified atom stereocenters.